The van der Waals surface area contributed by atoms with Gasteiger partial charge in [-0.15, -0.1) is 0 Å². The molecule has 0 spiro atoms. The quantitative estimate of drug-likeness (QED) is 0.794. The van der Waals surface area contributed by atoms with Gasteiger partial charge in [-0.2, -0.15) is 0 Å². The summed E-state index contributed by atoms with van der Waals surface area (Å²) in [6.45, 7) is 5.59. The number of carbonyl (C=O) groups is 2. The number of nitrogens with zero attached hydrogens (tertiary/aromatic N) is 1. The van der Waals surface area contributed by atoms with E-state index in [-0.39, 0.29) is 11.5 Å². The number of aromatic carboxylic acids is 1. The summed E-state index contributed by atoms with van der Waals surface area (Å²) in [5.41, 5.74) is 1.14. The Kier molecular flexibility index (Phi) is 6.18. The van der Waals surface area contributed by atoms with Gasteiger partial charge in [0.25, 0.3) is 0 Å². The lowest BCUT2D eigenvalue weighted by Crippen LogP contribution is -2.36. The van der Waals surface area contributed by atoms with Gasteiger partial charge in [-0.05, 0) is 30.7 Å². The fourth-order valence-electron chi connectivity index (χ4n) is 1.79. The molecule has 1 amide bonds. The average Bonchev–Trinajstić information content (AvgIpc) is 2.36. The molecule has 0 radical (unpaired) electrons. The van der Waals surface area contributed by atoms with Crippen molar-refractivity contribution in [3.05, 3.63) is 35.4 Å². The topological polar surface area (TPSA) is 69.6 Å². The van der Waals surface area contributed by atoms with Gasteiger partial charge < -0.3 is 10.4 Å². The second-order valence-electron chi connectivity index (χ2n) is 5.38. The van der Waals surface area contributed by atoms with E-state index in [9.17, 15) is 9.59 Å². The zero-order valence-electron chi connectivity index (χ0n) is 12.2. The maximum Gasteiger partial charge on any atom is 0.335 e. The zero-order valence-corrected chi connectivity index (χ0v) is 12.2. The largest absolute Gasteiger partial charge is 0.478 e. The van der Waals surface area contributed by atoms with Crippen molar-refractivity contribution in [2.75, 3.05) is 20.1 Å². The Balaban J connectivity index is 2.49. The second-order valence-corrected chi connectivity index (χ2v) is 5.38. The van der Waals surface area contributed by atoms with Gasteiger partial charge in [0.1, 0.15) is 0 Å². The van der Waals surface area contributed by atoms with Crippen molar-refractivity contribution in [2.24, 2.45) is 5.92 Å². The molecule has 20 heavy (non-hydrogen) atoms. The molecule has 0 fully saturated rings. The summed E-state index contributed by atoms with van der Waals surface area (Å²) in [6.07, 6.45) is 0. The minimum Gasteiger partial charge on any atom is -0.478 e. The van der Waals surface area contributed by atoms with Crippen LogP contribution in [-0.4, -0.2) is 42.0 Å². The highest BCUT2D eigenvalue weighted by Gasteiger charge is 2.09. The van der Waals surface area contributed by atoms with E-state index in [0.717, 1.165) is 5.56 Å². The van der Waals surface area contributed by atoms with Gasteiger partial charge in [0, 0.05) is 13.1 Å². The smallest absolute Gasteiger partial charge is 0.335 e. The summed E-state index contributed by atoms with van der Waals surface area (Å²) in [6, 6.07) is 6.76. The molecule has 0 bridgehead atoms. The van der Waals surface area contributed by atoms with Crippen LogP contribution in [0.2, 0.25) is 0 Å². The van der Waals surface area contributed by atoms with Crippen LogP contribution in [0.1, 0.15) is 29.8 Å². The van der Waals surface area contributed by atoms with Crippen LogP contribution in [0.25, 0.3) is 0 Å². The number of carboxylic acid groups (broad SMARTS) is 1. The molecule has 1 aromatic carbocycles. The molecule has 0 unspecified atom stereocenters. The Hall–Kier alpha value is -1.88. The number of benzene rings is 1. The number of rotatable bonds is 7. The molecule has 0 saturated carbocycles. The number of carbonyl (C=O) groups excluding carboxylic acids is 1. The monoisotopic (exact) mass is 278 g/mol. The number of hydrogen-bond donors (Lipinski definition) is 2. The normalized spacial score (nSPS) is 10.8. The van der Waals surface area contributed by atoms with Gasteiger partial charge in [0.2, 0.25) is 5.91 Å². The summed E-state index contributed by atoms with van der Waals surface area (Å²) in [4.78, 5) is 24.4. The molecule has 1 aromatic rings. The fraction of sp³-hybridized carbons (Fsp3) is 0.467. The first-order valence-electron chi connectivity index (χ1n) is 6.66. The van der Waals surface area contributed by atoms with E-state index in [1.807, 2.05) is 31.9 Å². The Bertz CT molecular complexity index is 472. The van der Waals surface area contributed by atoms with E-state index in [0.29, 0.717) is 25.6 Å². The van der Waals surface area contributed by atoms with E-state index in [1.54, 1.807) is 18.2 Å². The van der Waals surface area contributed by atoms with E-state index < -0.39 is 5.97 Å². The summed E-state index contributed by atoms with van der Waals surface area (Å²) < 4.78 is 0. The summed E-state index contributed by atoms with van der Waals surface area (Å²) in [5.74, 6) is -0.531. The molecule has 5 nitrogen and oxygen atoms in total. The first kappa shape index (κ1) is 16.2. The molecule has 0 aliphatic rings. The lowest BCUT2D eigenvalue weighted by molar-refractivity contribution is -0.122. The fourth-order valence-corrected chi connectivity index (χ4v) is 1.79. The first-order valence-corrected chi connectivity index (χ1v) is 6.66. The van der Waals surface area contributed by atoms with Crippen LogP contribution in [0.4, 0.5) is 0 Å². The zero-order chi connectivity index (χ0) is 15.1. The highest BCUT2D eigenvalue weighted by molar-refractivity contribution is 5.87. The molecule has 1 rings (SSSR count). The first-order chi connectivity index (χ1) is 9.38. The van der Waals surface area contributed by atoms with Crippen molar-refractivity contribution in [3.63, 3.8) is 0 Å². The molecular formula is C15H22N2O3. The summed E-state index contributed by atoms with van der Waals surface area (Å²) in [5, 5.41) is 11.8. The molecule has 0 heterocycles. The van der Waals surface area contributed by atoms with Crippen molar-refractivity contribution in [3.8, 4) is 0 Å². The lowest BCUT2D eigenvalue weighted by Gasteiger charge is -2.17. The summed E-state index contributed by atoms with van der Waals surface area (Å²) in [7, 11) is 1.84. The Morgan fingerprint density at radius 2 is 2.05 bits per heavy atom. The minimum atomic E-state index is -0.941. The number of hydrogen-bond acceptors (Lipinski definition) is 3. The predicted molar refractivity (Wildman–Crippen MR) is 77.6 cm³/mol. The van der Waals surface area contributed by atoms with Gasteiger partial charge in [0.05, 0.1) is 12.1 Å². The second kappa shape index (κ2) is 7.65. The molecule has 0 aliphatic carbocycles. The highest BCUT2D eigenvalue weighted by atomic mass is 16.4. The van der Waals surface area contributed by atoms with Crippen LogP contribution in [0.5, 0.6) is 0 Å². The van der Waals surface area contributed by atoms with Crippen molar-refractivity contribution >= 4 is 11.9 Å². The Labute approximate surface area is 119 Å². The van der Waals surface area contributed by atoms with Gasteiger partial charge in [0.15, 0.2) is 0 Å². The molecule has 5 heteroatoms. The SMILES string of the molecule is CC(C)CNC(=O)CN(C)Cc1cccc(C(=O)O)c1. The highest BCUT2D eigenvalue weighted by Crippen LogP contribution is 2.07. The van der Waals surface area contributed by atoms with Crippen molar-refractivity contribution in [1.29, 1.82) is 0 Å². The lowest BCUT2D eigenvalue weighted by atomic mass is 10.1. The third-order valence-corrected chi connectivity index (χ3v) is 2.75. The minimum absolute atomic E-state index is 0.0180. The number of nitrogens with one attached hydrogen (secondary N) is 1. The molecule has 2 N–H and O–H groups in total. The van der Waals surface area contributed by atoms with E-state index >= 15 is 0 Å². The van der Waals surface area contributed by atoms with E-state index in [1.165, 1.54) is 0 Å². The maximum absolute atomic E-state index is 11.7. The van der Waals surface area contributed by atoms with Crippen LogP contribution >= 0.6 is 0 Å². The van der Waals surface area contributed by atoms with Crippen LogP contribution in [-0.2, 0) is 11.3 Å². The van der Waals surface area contributed by atoms with Gasteiger partial charge in [-0.25, -0.2) is 4.79 Å². The third kappa shape index (κ3) is 5.84. The van der Waals surface area contributed by atoms with E-state index in [4.69, 9.17) is 5.11 Å². The maximum atomic E-state index is 11.7. The average molecular weight is 278 g/mol. The number of carboxylic acids is 1. The number of amides is 1. The van der Waals surface area contributed by atoms with Crippen LogP contribution in [0.15, 0.2) is 24.3 Å². The molecule has 0 atom stereocenters. The molecule has 0 saturated heterocycles. The van der Waals surface area contributed by atoms with E-state index in [2.05, 4.69) is 5.32 Å². The van der Waals surface area contributed by atoms with Crippen molar-refractivity contribution in [2.45, 2.75) is 20.4 Å². The summed E-state index contributed by atoms with van der Waals surface area (Å²) >= 11 is 0. The predicted octanol–water partition coefficient (Wildman–Crippen LogP) is 1.59. The van der Waals surface area contributed by atoms with Crippen LogP contribution < -0.4 is 5.32 Å². The van der Waals surface area contributed by atoms with Crippen LogP contribution in [0.3, 0.4) is 0 Å². The van der Waals surface area contributed by atoms with Crippen molar-refractivity contribution < 1.29 is 14.7 Å². The molecule has 110 valence electrons. The Morgan fingerprint density at radius 3 is 2.65 bits per heavy atom. The van der Waals surface area contributed by atoms with Gasteiger partial charge >= 0.3 is 5.97 Å². The standard InChI is InChI=1S/C15H22N2O3/c1-11(2)8-16-14(18)10-17(3)9-12-5-4-6-13(7-12)15(19)20/h4-7,11H,8-10H2,1-3H3,(H,16,18)(H,19,20). The Morgan fingerprint density at radius 1 is 1.35 bits per heavy atom. The molecule has 0 aromatic heterocycles. The van der Waals surface area contributed by atoms with Crippen LogP contribution in [0, 0.1) is 5.92 Å². The number of likely N-dealkylation sites (N-methyl/N-ethyl adjacent to an activating group) is 1. The van der Waals surface area contributed by atoms with Gasteiger partial charge in [-0.1, -0.05) is 26.0 Å². The third-order valence-electron chi connectivity index (χ3n) is 2.75. The van der Waals surface area contributed by atoms with Crippen molar-refractivity contribution in [1.82, 2.24) is 10.2 Å². The van der Waals surface area contributed by atoms with Gasteiger partial charge in [-0.3, -0.25) is 9.69 Å². The molecular weight excluding hydrogens is 256 g/mol. The molecule has 0 aliphatic heterocycles.